The first kappa shape index (κ1) is 18.9. The van der Waals surface area contributed by atoms with Gasteiger partial charge >= 0.3 is 0 Å². The molecular formula is C19H38FN. The third-order valence-corrected chi connectivity index (χ3v) is 4.86. The summed E-state index contributed by atoms with van der Waals surface area (Å²) >= 11 is 0. The number of unbranched alkanes of at least 4 members (excludes halogenated alkanes) is 8. The van der Waals surface area contributed by atoms with Gasteiger partial charge in [0.1, 0.15) is 6.17 Å². The molecule has 0 aromatic heterocycles. The Balaban J connectivity index is 2.11. The molecule has 21 heavy (non-hydrogen) atoms. The Labute approximate surface area is 132 Å². The van der Waals surface area contributed by atoms with Crippen molar-refractivity contribution >= 4 is 0 Å². The van der Waals surface area contributed by atoms with Crippen molar-refractivity contribution in [3.05, 3.63) is 0 Å². The minimum Gasteiger partial charge on any atom is -0.311 e. The van der Waals surface area contributed by atoms with Crippen LogP contribution in [-0.4, -0.2) is 18.3 Å². The van der Waals surface area contributed by atoms with Crippen molar-refractivity contribution in [3.8, 4) is 0 Å². The van der Waals surface area contributed by atoms with Gasteiger partial charge in [-0.1, -0.05) is 78.1 Å². The van der Waals surface area contributed by atoms with Crippen molar-refractivity contribution in [3.63, 3.8) is 0 Å². The van der Waals surface area contributed by atoms with Gasteiger partial charge in [0.25, 0.3) is 0 Å². The predicted molar refractivity (Wildman–Crippen MR) is 91.6 cm³/mol. The van der Waals surface area contributed by atoms with Crippen LogP contribution in [0, 0.1) is 0 Å². The molecule has 0 atom stereocenters. The second-order valence-electron chi connectivity index (χ2n) is 7.03. The van der Waals surface area contributed by atoms with Crippen molar-refractivity contribution in [2.45, 2.75) is 122 Å². The highest BCUT2D eigenvalue weighted by Gasteiger charge is 2.29. The first-order valence-corrected chi connectivity index (χ1v) is 9.66. The molecule has 0 aromatic carbocycles. The Morgan fingerprint density at radius 1 is 0.810 bits per heavy atom. The van der Waals surface area contributed by atoms with E-state index in [0.717, 1.165) is 12.8 Å². The van der Waals surface area contributed by atoms with Crippen LogP contribution < -0.4 is 5.32 Å². The van der Waals surface area contributed by atoms with Crippen LogP contribution in [0.1, 0.15) is 104 Å². The van der Waals surface area contributed by atoms with Crippen molar-refractivity contribution in [1.29, 1.82) is 0 Å². The van der Waals surface area contributed by atoms with Crippen molar-refractivity contribution in [2.75, 3.05) is 0 Å². The zero-order valence-electron chi connectivity index (χ0n) is 14.5. The van der Waals surface area contributed by atoms with E-state index in [-0.39, 0.29) is 0 Å². The molecule has 2 heteroatoms. The van der Waals surface area contributed by atoms with E-state index < -0.39 is 6.17 Å². The minimum absolute atomic E-state index is 0.469. The second-order valence-corrected chi connectivity index (χ2v) is 7.03. The summed E-state index contributed by atoms with van der Waals surface area (Å²) in [6, 6.07) is 1.11. The zero-order chi connectivity index (χ0) is 15.3. The molecule has 1 rings (SSSR count). The number of alkyl halides is 1. The summed E-state index contributed by atoms with van der Waals surface area (Å²) in [5, 5.41) is 3.73. The fourth-order valence-electron chi connectivity index (χ4n) is 3.32. The lowest BCUT2D eigenvalue weighted by molar-refractivity contribution is 0.142. The van der Waals surface area contributed by atoms with Gasteiger partial charge in [-0.3, -0.25) is 0 Å². The molecule has 126 valence electrons. The van der Waals surface area contributed by atoms with Gasteiger partial charge in [0, 0.05) is 12.1 Å². The van der Waals surface area contributed by atoms with Gasteiger partial charge in [-0.15, -0.1) is 0 Å². The summed E-state index contributed by atoms with van der Waals surface area (Å²) in [7, 11) is 0. The summed E-state index contributed by atoms with van der Waals surface area (Å²) in [5.74, 6) is 0. The van der Waals surface area contributed by atoms with Crippen molar-refractivity contribution in [1.82, 2.24) is 5.32 Å². The molecule has 0 spiro atoms. The van der Waals surface area contributed by atoms with Crippen LogP contribution in [0.4, 0.5) is 4.39 Å². The maximum absolute atomic E-state index is 13.0. The number of nitrogens with one attached hydrogen (secondary N) is 1. The first-order chi connectivity index (χ1) is 10.3. The summed E-state index contributed by atoms with van der Waals surface area (Å²) in [5.41, 5.74) is 0. The average molecular weight is 300 g/mol. The van der Waals surface area contributed by atoms with Gasteiger partial charge in [-0.05, 0) is 25.7 Å². The highest BCUT2D eigenvalue weighted by molar-refractivity contribution is 4.87. The molecule has 0 bridgehead atoms. The van der Waals surface area contributed by atoms with Crippen molar-refractivity contribution in [2.24, 2.45) is 0 Å². The summed E-state index contributed by atoms with van der Waals surface area (Å²) in [6.45, 7) is 4.54. The maximum atomic E-state index is 13.0. The molecule has 1 aliphatic carbocycles. The van der Waals surface area contributed by atoms with Gasteiger partial charge in [0.15, 0.2) is 0 Å². The Morgan fingerprint density at radius 2 is 1.29 bits per heavy atom. The molecule has 0 aliphatic heterocycles. The third-order valence-electron chi connectivity index (χ3n) is 4.86. The predicted octanol–water partition coefficient (Wildman–Crippen LogP) is 6.17. The minimum atomic E-state index is -0.530. The van der Waals surface area contributed by atoms with Crippen molar-refractivity contribution < 1.29 is 4.39 Å². The molecule has 0 saturated heterocycles. The van der Waals surface area contributed by atoms with Crippen LogP contribution in [0.5, 0.6) is 0 Å². The van der Waals surface area contributed by atoms with Gasteiger partial charge in [-0.2, -0.15) is 0 Å². The Bertz CT molecular complexity index is 212. The Kier molecular flexibility index (Phi) is 11.2. The van der Waals surface area contributed by atoms with Gasteiger partial charge in [-0.25, -0.2) is 4.39 Å². The van der Waals surface area contributed by atoms with Crippen LogP contribution in [-0.2, 0) is 0 Å². The van der Waals surface area contributed by atoms with E-state index in [1.807, 2.05) is 0 Å². The number of rotatable bonds is 14. The van der Waals surface area contributed by atoms with E-state index in [1.54, 1.807) is 0 Å². The van der Waals surface area contributed by atoms with E-state index in [9.17, 15) is 4.39 Å². The zero-order valence-corrected chi connectivity index (χ0v) is 14.5. The van der Waals surface area contributed by atoms with E-state index in [4.69, 9.17) is 0 Å². The molecule has 1 fully saturated rings. The van der Waals surface area contributed by atoms with Gasteiger partial charge in [0.05, 0.1) is 0 Å². The summed E-state index contributed by atoms with van der Waals surface area (Å²) in [6.07, 6.45) is 17.2. The molecule has 0 amide bonds. The van der Waals surface area contributed by atoms with Crippen LogP contribution in [0.3, 0.4) is 0 Å². The van der Waals surface area contributed by atoms with Crippen LogP contribution >= 0.6 is 0 Å². The molecule has 1 N–H and O–H groups in total. The molecule has 0 radical (unpaired) electrons. The molecule has 1 saturated carbocycles. The van der Waals surface area contributed by atoms with E-state index >= 15 is 0 Å². The fraction of sp³-hybridized carbons (Fsp3) is 1.00. The Hall–Kier alpha value is -0.110. The lowest BCUT2D eigenvalue weighted by Crippen LogP contribution is -2.47. The monoisotopic (exact) mass is 299 g/mol. The third kappa shape index (κ3) is 9.50. The SMILES string of the molecule is CCCCCCCC(CCCCCCC)NC1CC(F)C1. The Morgan fingerprint density at radius 3 is 1.71 bits per heavy atom. The maximum Gasteiger partial charge on any atom is 0.103 e. The topological polar surface area (TPSA) is 12.0 Å². The fourth-order valence-corrected chi connectivity index (χ4v) is 3.32. The molecule has 0 unspecified atom stereocenters. The van der Waals surface area contributed by atoms with E-state index in [1.165, 1.54) is 77.0 Å². The number of hydrogen-bond acceptors (Lipinski definition) is 1. The summed E-state index contributed by atoms with van der Waals surface area (Å²) in [4.78, 5) is 0. The lowest BCUT2D eigenvalue weighted by atomic mass is 9.89. The van der Waals surface area contributed by atoms with Gasteiger partial charge in [0.2, 0.25) is 0 Å². The highest BCUT2D eigenvalue weighted by Crippen LogP contribution is 2.25. The normalized spacial score (nSPS) is 21.7. The highest BCUT2D eigenvalue weighted by atomic mass is 19.1. The quantitative estimate of drug-likeness (QED) is 0.378. The first-order valence-electron chi connectivity index (χ1n) is 9.66. The molecule has 1 aliphatic rings. The number of hydrogen-bond donors (Lipinski definition) is 1. The smallest absolute Gasteiger partial charge is 0.103 e. The van der Waals surface area contributed by atoms with Crippen LogP contribution in [0.2, 0.25) is 0 Å². The standard InChI is InChI=1S/C19H38FN/c1-3-5-7-9-11-13-18(14-12-10-8-6-4-2)21-19-15-17(20)16-19/h17-19,21H,3-16H2,1-2H3. The molecular weight excluding hydrogens is 261 g/mol. The molecule has 0 heterocycles. The van der Waals surface area contributed by atoms with E-state index in [0.29, 0.717) is 12.1 Å². The van der Waals surface area contributed by atoms with Crippen LogP contribution in [0.25, 0.3) is 0 Å². The van der Waals surface area contributed by atoms with Crippen LogP contribution in [0.15, 0.2) is 0 Å². The number of halogens is 1. The lowest BCUT2D eigenvalue weighted by Gasteiger charge is -2.34. The van der Waals surface area contributed by atoms with E-state index in [2.05, 4.69) is 19.2 Å². The summed E-state index contributed by atoms with van der Waals surface area (Å²) < 4.78 is 13.0. The second kappa shape index (κ2) is 12.4. The largest absolute Gasteiger partial charge is 0.311 e. The molecule has 0 aromatic rings. The van der Waals surface area contributed by atoms with Gasteiger partial charge < -0.3 is 5.32 Å². The average Bonchev–Trinajstić information content (AvgIpc) is 2.44. The molecule has 1 nitrogen and oxygen atoms in total.